The summed E-state index contributed by atoms with van der Waals surface area (Å²) < 4.78 is 7.44. The molecule has 0 spiro atoms. The summed E-state index contributed by atoms with van der Waals surface area (Å²) >= 11 is 5.95. The van der Waals surface area contributed by atoms with Crippen LogP contribution in [0, 0.1) is 5.92 Å². The van der Waals surface area contributed by atoms with Gasteiger partial charge in [0.05, 0.1) is 10.6 Å². The first-order chi connectivity index (χ1) is 9.61. The number of aldehydes is 1. The molecular weight excluding hydrogens is 278 g/mol. The molecule has 5 nitrogen and oxygen atoms in total. The molecule has 0 amide bonds. The van der Waals surface area contributed by atoms with Crippen LogP contribution < -0.4 is 4.74 Å². The van der Waals surface area contributed by atoms with Crippen molar-refractivity contribution >= 4 is 17.9 Å². The van der Waals surface area contributed by atoms with E-state index in [1.165, 1.54) is 6.33 Å². The lowest BCUT2D eigenvalue weighted by atomic mass is 10.2. The highest BCUT2D eigenvalue weighted by Gasteiger charge is 2.10. The summed E-state index contributed by atoms with van der Waals surface area (Å²) in [6, 6.07) is 5.10. The fourth-order valence-corrected chi connectivity index (χ4v) is 2.01. The Labute approximate surface area is 122 Å². The molecule has 0 N–H and O–H groups in total. The van der Waals surface area contributed by atoms with Crippen LogP contribution in [0.2, 0.25) is 5.02 Å². The number of carbonyl (C=O) groups is 1. The Morgan fingerprint density at radius 1 is 1.45 bits per heavy atom. The molecule has 0 atom stereocenters. The second kappa shape index (κ2) is 6.52. The minimum atomic E-state index is 0.244. The van der Waals surface area contributed by atoms with Gasteiger partial charge in [-0.25, -0.2) is 9.67 Å². The second-order valence-corrected chi connectivity index (χ2v) is 5.22. The van der Waals surface area contributed by atoms with E-state index in [9.17, 15) is 4.79 Å². The largest absolute Gasteiger partial charge is 0.485 e. The lowest BCUT2D eigenvalue weighted by Gasteiger charge is -2.11. The first-order valence-corrected chi connectivity index (χ1v) is 6.72. The van der Waals surface area contributed by atoms with Gasteiger partial charge in [-0.3, -0.25) is 4.79 Å². The molecule has 0 aliphatic carbocycles. The maximum atomic E-state index is 11.0. The van der Waals surface area contributed by atoms with E-state index in [0.717, 1.165) is 12.4 Å². The van der Waals surface area contributed by atoms with Gasteiger partial charge in [0.2, 0.25) is 0 Å². The van der Waals surface area contributed by atoms with Crippen molar-refractivity contribution in [1.29, 1.82) is 0 Å². The summed E-state index contributed by atoms with van der Waals surface area (Å²) in [4.78, 5) is 15.2. The van der Waals surface area contributed by atoms with Crippen molar-refractivity contribution in [1.82, 2.24) is 14.8 Å². The average molecular weight is 294 g/mol. The van der Waals surface area contributed by atoms with Crippen molar-refractivity contribution < 1.29 is 9.53 Å². The standard InChI is InChI=1S/C14H16ClN3O2/c1-10(2)6-18-14(16-9-17-18)8-20-13-5-3-4-12(15)11(13)7-19/h3-5,7,9-10H,6,8H2,1-2H3. The molecule has 0 fully saturated rings. The molecule has 20 heavy (non-hydrogen) atoms. The van der Waals surface area contributed by atoms with Crippen molar-refractivity contribution in [3.05, 3.63) is 40.9 Å². The van der Waals surface area contributed by atoms with Gasteiger partial charge in [0.1, 0.15) is 18.7 Å². The van der Waals surface area contributed by atoms with Crippen LogP contribution in [0.1, 0.15) is 30.0 Å². The van der Waals surface area contributed by atoms with Gasteiger partial charge >= 0.3 is 0 Å². The van der Waals surface area contributed by atoms with Crippen LogP contribution in [-0.4, -0.2) is 21.1 Å². The Morgan fingerprint density at radius 3 is 2.95 bits per heavy atom. The predicted molar refractivity (Wildman–Crippen MR) is 76.0 cm³/mol. The van der Waals surface area contributed by atoms with Crippen LogP contribution in [0.3, 0.4) is 0 Å². The maximum Gasteiger partial charge on any atom is 0.164 e. The lowest BCUT2D eigenvalue weighted by molar-refractivity contribution is 0.111. The summed E-state index contributed by atoms with van der Waals surface area (Å²) in [5.41, 5.74) is 0.351. The average Bonchev–Trinajstić information content (AvgIpc) is 2.83. The molecule has 2 rings (SSSR count). The van der Waals surface area contributed by atoms with Gasteiger partial charge in [-0.15, -0.1) is 0 Å². The number of benzene rings is 1. The fraction of sp³-hybridized carbons (Fsp3) is 0.357. The Hall–Kier alpha value is -1.88. The van der Waals surface area contributed by atoms with Crippen LogP contribution in [0.25, 0.3) is 0 Å². The van der Waals surface area contributed by atoms with Crippen molar-refractivity contribution in [3.8, 4) is 5.75 Å². The van der Waals surface area contributed by atoms with Crippen molar-refractivity contribution in [3.63, 3.8) is 0 Å². The molecule has 0 saturated heterocycles. The third-order valence-electron chi connectivity index (χ3n) is 2.72. The van der Waals surface area contributed by atoms with Gasteiger partial charge in [0.15, 0.2) is 12.1 Å². The number of hydrogen-bond donors (Lipinski definition) is 0. The van der Waals surface area contributed by atoms with E-state index in [-0.39, 0.29) is 6.61 Å². The Morgan fingerprint density at radius 2 is 2.25 bits per heavy atom. The summed E-state index contributed by atoms with van der Waals surface area (Å²) in [5, 5.41) is 4.53. The molecule has 1 aromatic carbocycles. The zero-order valence-electron chi connectivity index (χ0n) is 11.4. The lowest BCUT2D eigenvalue weighted by Crippen LogP contribution is -2.12. The third-order valence-corrected chi connectivity index (χ3v) is 3.05. The van der Waals surface area contributed by atoms with Crippen LogP contribution in [0.5, 0.6) is 5.75 Å². The predicted octanol–water partition coefficient (Wildman–Crippen LogP) is 2.98. The van der Waals surface area contributed by atoms with Gasteiger partial charge < -0.3 is 4.74 Å². The minimum absolute atomic E-state index is 0.244. The SMILES string of the molecule is CC(C)Cn1ncnc1COc1cccc(Cl)c1C=O. The molecule has 6 heteroatoms. The number of carbonyl (C=O) groups excluding carboxylic acids is 1. The highest BCUT2D eigenvalue weighted by Crippen LogP contribution is 2.25. The van der Waals surface area contributed by atoms with E-state index in [0.29, 0.717) is 28.5 Å². The first-order valence-electron chi connectivity index (χ1n) is 6.35. The molecule has 0 bridgehead atoms. The van der Waals surface area contributed by atoms with Gasteiger partial charge in [0.25, 0.3) is 0 Å². The number of nitrogens with zero attached hydrogens (tertiary/aromatic N) is 3. The summed E-state index contributed by atoms with van der Waals surface area (Å²) in [5.74, 6) is 1.63. The highest BCUT2D eigenvalue weighted by atomic mass is 35.5. The third kappa shape index (κ3) is 3.36. The molecule has 106 valence electrons. The van der Waals surface area contributed by atoms with Gasteiger partial charge in [0, 0.05) is 6.54 Å². The highest BCUT2D eigenvalue weighted by molar-refractivity contribution is 6.33. The second-order valence-electron chi connectivity index (χ2n) is 4.81. The number of aromatic nitrogens is 3. The quantitative estimate of drug-likeness (QED) is 0.768. The summed E-state index contributed by atoms with van der Waals surface area (Å²) in [6.45, 7) is 5.23. The summed E-state index contributed by atoms with van der Waals surface area (Å²) in [7, 11) is 0. The maximum absolute atomic E-state index is 11.0. The number of halogens is 1. The summed E-state index contributed by atoms with van der Waals surface area (Å²) in [6.07, 6.45) is 2.19. The molecular formula is C14H16ClN3O2. The van der Waals surface area contributed by atoms with Gasteiger partial charge in [-0.1, -0.05) is 31.5 Å². The number of ether oxygens (including phenoxy) is 1. The van der Waals surface area contributed by atoms with E-state index in [4.69, 9.17) is 16.3 Å². The Bertz CT molecular complexity index is 596. The topological polar surface area (TPSA) is 57.0 Å². The molecule has 0 aliphatic heterocycles. The van der Waals surface area contributed by atoms with Crippen molar-refractivity contribution in [2.45, 2.75) is 27.0 Å². The fourth-order valence-electron chi connectivity index (χ4n) is 1.80. The minimum Gasteiger partial charge on any atom is -0.485 e. The first kappa shape index (κ1) is 14.5. The van der Waals surface area contributed by atoms with Gasteiger partial charge in [-0.2, -0.15) is 5.10 Å². The van der Waals surface area contributed by atoms with E-state index >= 15 is 0 Å². The molecule has 0 unspecified atom stereocenters. The van der Waals surface area contributed by atoms with Gasteiger partial charge in [-0.05, 0) is 18.1 Å². The molecule has 0 aliphatic rings. The molecule has 0 saturated carbocycles. The van der Waals surface area contributed by atoms with Crippen molar-refractivity contribution in [2.75, 3.05) is 0 Å². The zero-order valence-corrected chi connectivity index (χ0v) is 12.2. The van der Waals surface area contributed by atoms with Crippen LogP contribution >= 0.6 is 11.6 Å². The zero-order chi connectivity index (χ0) is 14.5. The normalized spacial score (nSPS) is 10.8. The smallest absolute Gasteiger partial charge is 0.164 e. The monoisotopic (exact) mass is 293 g/mol. The number of rotatable bonds is 6. The van der Waals surface area contributed by atoms with Crippen LogP contribution in [0.15, 0.2) is 24.5 Å². The van der Waals surface area contributed by atoms with E-state index in [1.54, 1.807) is 22.9 Å². The van der Waals surface area contributed by atoms with Crippen LogP contribution in [-0.2, 0) is 13.2 Å². The Balaban J connectivity index is 2.11. The van der Waals surface area contributed by atoms with Crippen molar-refractivity contribution in [2.24, 2.45) is 5.92 Å². The van der Waals surface area contributed by atoms with E-state index in [2.05, 4.69) is 23.9 Å². The van der Waals surface area contributed by atoms with Crippen LogP contribution in [0.4, 0.5) is 0 Å². The molecule has 1 heterocycles. The molecule has 1 aromatic heterocycles. The molecule has 2 aromatic rings. The van der Waals surface area contributed by atoms with E-state index in [1.807, 2.05) is 0 Å². The Kier molecular flexibility index (Phi) is 4.74. The number of hydrogen-bond acceptors (Lipinski definition) is 4. The van der Waals surface area contributed by atoms with E-state index < -0.39 is 0 Å². The molecule has 0 radical (unpaired) electrons.